The molecular weight excluding hydrogens is 708 g/mol. The molecule has 13 heteroatoms. The largest absolute Gasteiger partial charge is 0.497 e. The lowest BCUT2D eigenvalue weighted by atomic mass is 9.86. The number of hydrogen-bond acceptors (Lipinski definition) is 12. The van der Waals surface area contributed by atoms with Crippen molar-refractivity contribution < 1.29 is 53.2 Å². The molecule has 2 N–H and O–H groups in total. The van der Waals surface area contributed by atoms with Crippen molar-refractivity contribution in [3.63, 3.8) is 0 Å². The highest BCUT2D eigenvalue weighted by Gasteiger charge is 2.34. The Bertz CT molecular complexity index is 1750. The van der Waals surface area contributed by atoms with Crippen LogP contribution in [0.25, 0.3) is 0 Å². The van der Waals surface area contributed by atoms with Gasteiger partial charge in [-0.05, 0) is 65.6 Å². The number of para-hydroxylation sites is 1. The molecule has 0 radical (unpaired) electrons. The molecule has 4 aromatic rings. The lowest BCUT2D eigenvalue weighted by Crippen LogP contribution is -2.46. The van der Waals surface area contributed by atoms with Crippen LogP contribution >= 0.6 is 0 Å². The van der Waals surface area contributed by atoms with Gasteiger partial charge in [0.2, 0.25) is 0 Å². The maximum absolute atomic E-state index is 13.8. The van der Waals surface area contributed by atoms with E-state index in [4.69, 9.17) is 48.4 Å². The first-order valence-electron chi connectivity index (χ1n) is 18.4. The Balaban J connectivity index is 1.23. The summed E-state index contributed by atoms with van der Waals surface area (Å²) in [7, 11) is 4.93. The summed E-state index contributed by atoms with van der Waals surface area (Å²) < 4.78 is 40.6. The molecule has 5 rings (SSSR count). The number of piperidine rings is 1. The number of ether oxygens (including phenoxy) is 7. The van der Waals surface area contributed by atoms with E-state index in [2.05, 4.69) is 12.1 Å². The van der Waals surface area contributed by atoms with Crippen molar-refractivity contribution in [2.45, 2.75) is 51.1 Å². The second kappa shape index (κ2) is 22.0. The number of rotatable bonds is 22. The molecule has 1 unspecified atom stereocenters. The van der Waals surface area contributed by atoms with Crippen LogP contribution in [0.5, 0.6) is 23.0 Å². The van der Waals surface area contributed by atoms with Gasteiger partial charge in [-0.15, -0.1) is 0 Å². The summed E-state index contributed by atoms with van der Waals surface area (Å²) in [6, 6.07) is 28.5. The van der Waals surface area contributed by atoms with Crippen molar-refractivity contribution in [2.75, 3.05) is 60.8 Å². The fourth-order valence-corrected chi connectivity index (χ4v) is 6.44. The maximum atomic E-state index is 13.8. The summed E-state index contributed by atoms with van der Waals surface area (Å²) in [5.74, 6) is 2.78. The standard InChI is InChI=1S/C42H52N2O11/c1-48-19-7-21-53-38-25-32(24-37(26-38)49-2)28-54-41-27-43(42(45)34-11-6-9-31(23-34)29-55-44(46)47)18-17-39(41)33-13-15-36(16-14-33)52-22-8-20-51-30-35-10-4-5-12-40(35)50-3/h4-6,9-16,23-26,39,41,46-47H,7-8,17-22,27-30H2,1-3H3/t39-,41?/m1/s1. The first kappa shape index (κ1) is 41.4. The van der Waals surface area contributed by atoms with Crippen molar-refractivity contribution >= 4 is 5.91 Å². The first-order valence-corrected chi connectivity index (χ1v) is 18.4. The van der Waals surface area contributed by atoms with Gasteiger partial charge in [-0.25, -0.2) is 4.84 Å². The van der Waals surface area contributed by atoms with Crippen LogP contribution in [0.3, 0.4) is 0 Å². The summed E-state index contributed by atoms with van der Waals surface area (Å²) in [5, 5.41) is 17.6. The molecule has 4 aromatic carbocycles. The van der Waals surface area contributed by atoms with Gasteiger partial charge in [-0.2, -0.15) is 0 Å². The number of benzene rings is 4. The van der Waals surface area contributed by atoms with E-state index in [0.29, 0.717) is 75.2 Å². The third-order valence-electron chi connectivity index (χ3n) is 9.23. The molecule has 0 bridgehead atoms. The van der Waals surface area contributed by atoms with Crippen LogP contribution < -0.4 is 18.9 Å². The number of hydrogen-bond donors (Lipinski definition) is 2. The molecule has 2 atom stereocenters. The highest BCUT2D eigenvalue weighted by Crippen LogP contribution is 2.34. The number of likely N-dealkylation sites (tertiary alicyclic amines) is 1. The number of amides is 1. The minimum atomic E-state index is -0.347. The van der Waals surface area contributed by atoms with Crippen LogP contribution in [0.2, 0.25) is 0 Å². The first-order chi connectivity index (χ1) is 26.9. The van der Waals surface area contributed by atoms with Crippen molar-refractivity contribution in [3.05, 3.63) is 119 Å². The smallest absolute Gasteiger partial charge is 0.253 e. The Hall–Kier alpha value is -4.73. The average Bonchev–Trinajstić information content (AvgIpc) is 3.22. The van der Waals surface area contributed by atoms with Crippen molar-refractivity contribution in [1.29, 1.82) is 0 Å². The molecule has 0 aromatic heterocycles. The zero-order chi connectivity index (χ0) is 38.8. The molecule has 1 heterocycles. The van der Waals surface area contributed by atoms with Gasteiger partial charge in [0.1, 0.15) is 23.0 Å². The van der Waals surface area contributed by atoms with Crippen molar-refractivity contribution in [3.8, 4) is 23.0 Å². The summed E-state index contributed by atoms with van der Waals surface area (Å²) in [4.78, 5) is 20.3. The van der Waals surface area contributed by atoms with Gasteiger partial charge >= 0.3 is 0 Å². The van der Waals surface area contributed by atoms with Gasteiger partial charge in [0, 0.05) is 62.8 Å². The molecule has 0 aliphatic carbocycles. The van der Waals surface area contributed by atoms with Crippen LogP contribution in [0.4, 0.5) is 0 Å². The molecule has 1 aliphatic heterocycles. The zero-order valence-electron chi connectivity index (χ0n) is 31.8. The third-order valence-corrected chi connectivity index (χ3v) is 9.23. The Labute approximate surface area is 322 Å². The minimum Gasteiger partial charge on any atom is -0.497 e. The van der Waals surface area contributed by atoms with Crippen molar-refractivity contribution in [2.24, 2.45) is 0 Å². The molecule has 296 valence electrons. The molecule has 55 heavy (non-hydrogen) atoms. The number of carbonyl (C=O) groups excluding carboxylic acids is 1. The Morgan fingerprint density at radius 3 is 2.27 bits per heavy atom. The van der Waals surface area contributed by atoms with Crippen LogP contribution in [0.15, 0.2) is 91.0 Å². The molecule has 1 aliphatic rings. The fourth-order valence-electron chi connectivity index (χ4n) is 6.44. The SMILES string of the molecule is COCCCOc1cc(COC2CN(C(=O)c3cccc(CON(O)O)c3)CC[C@@H]2c2ccc(OCCCOCc3ccccc3OC)cc2)cc(OC)c1. The Kier molecular flexibility index (Phi) is 16.6. The quantitative estimate of drug-likeness (QED) is 0.0642. The van der Waals surface area contributed by atoms with E-state index >= 15 is 0 Å². The van der Waals surface area contributed by atoms with Gasteiger partial charge in [0.15, 0.2) is 0 Å². The van der Waals surface area contributed by atoms with E-state index in [1.807, 2.05) is 54.6 Å². The van der Waals surface area contributed by atoms with Crippen LogP contribution in [0, 0.1) is 0 Å². The summed E-state index contributed by atoms with van der Waals surface area (Å²) in [6.07, 6.45) is 1.85. The Morgan fingerprint density at radius 1 is 0.745 bits per heavy atom. The van der Waals surface area contributed by atoms with E-state index < -0.39 is 0 Å². The number of nitrogens with zero attached hydrogens (tertiary/aromatic N) is 2. The van der Waals surface area contributed by atoms with Gasteiger partial charge < -0.3 is 38.1 Å². The lowest BCUT2D eigenvalue weighted by molar-refractivity contribution is -0.497. The highest BCUT2D eigenvalue weighted by atomic mass is 17.1. The van der Waals surface area contributed by atoms with Gasteiger partial charge in [-0.3, -0.25) is 15.2 Å². The van der Waals surface area contributed by atoms with Crippen molar-refractivity contribution in [1.82, 2.24) is 10.3 Å². The molecule has 13 nitrogen and oxygen atoms in total. The average molecular weight is 761 g/mol. The molecule has 1 saturated heterocycles. The highest BCUT2D eigenvalue weighted by molar-refractivity contribution is 5.94. The molecule has 0 saturated carbocycles. The topological polar surface area (TPSA) is 138 Å². The fraction of sp³-hybridized carbons (Fsp3) is 0.405. The third kappa shape index (κ3) is 12.9. The van der Waals surface area contributed by atoms with E-state index in [1.54, 1.807) is 50.5 Å². The van der Waals surface area contributed by atoms with E-state index in [1.165, 1.54) is 0 Å². The second-order valence-electron chi connectivity index (χ2n) is 13.1. The Morgan fingerprint density at radius 2 is 1.51 bits per heavy atom. The second-order valence-corrected chi connectivity index (χ2v) is 13.1. The minimum absolute atomic E-state index is 0.0108. The molecule has 0 spiro atoms. The lowest BCUT2D eigenvalue weighted by Gasteiger charge is -2.39. The number of methoxy groups -OCH3 is 3. The molecular formula is C42H52N2O11. The predicted octanol–water partition coefficient (Wildman–Crippen LogP) is 6.83. The zero-order valence-corrected chi connectivity index (χ0v) is 31.8. The van der Waals surface area contributed by atoms with Gasteiger partial charge in [0.25, 0.3) is 5.91 Å². The van der Waals surface area contributed by atoms with Crippen LogP contribution in [0.1, 0.15) is 57.8 Å². The van der Waals surface area contributed by atoms with Crippen LogP contribution in [-0.4, -0.2) is 93.6 Å². The van der Waals surface area contributed by atoms with E-state index in [-0.39, 0.29) is 36.5 Å². The molecule has 1 fully saturated rings. The summed E-state index contributed by atoms with van der Waals surface area (Å²) >= 11 is 0. The van der Waals surface area contributed by atoms with Crippen LogP contribution in [-0.2, 0) is 38.9 Å². The predicted molar refractivity (Wildman–Crippen MR) is 203 cm³/mol. The summed E-state index contributed by atoms with van der Waals surface area (Å²) in [5.41, 5.74) is 4.06. The van der Waals surface area contributed by atoms with E-state index in [9.17, 15) is 4.79 Å². The normalized spacial score (nSPS) is 15.6. The summed E-state index contributed by atoms with van der Waals surface area (Å²) in [6.45, 7) is 3.71. The van der Waals surface area contributed by atoms with Gasteiger partial charge in [0.05, 0.1) is 65.4 Å². The van der Waals surface area contributed by atoms with E-state index in [0.717, 1.165) is 41.0 Å². The number of carbonyl (C=O) groups is 1. The van der Waals surface area contributed by atoms with Gasteiger partial charge in [-0.1, -0.05) is 42.5 Å². The maximum Gasteiger partial charge on any atom is 0.253 e. The molecule has 1 amide bonds. The monoisotopic (exact) mass is 760 g/mol.